The Balaban J connectivity index is 2.48. The average molecular weight is 376 g/mol. The van der Waals surface area contributed by atoms with Crippen molar-refractivity contribution in [1.29, 1.82) is 0 Å². The van der Waals surface area contributed by atoms with Gasteiger partial charge < -0.3 is 20.1 Å². The van der Waals surface area contributed by atoms with Crippen LogP contribution in [0.3, 0.4) is 0 Å². The Kier molecular flexibility index (Phi) is 8.13. The highest BCUT2D eigenvalue weighted by Crippen LogP contribution is 2.34. The lowest BCUT2D eigenvalue weighted by molar-refractivity contribution is -0.139. The SMILES string of the molecule is CN=C(NCCOc1ncccc1C(F)(F)F)NCC(OC)C(C)(C)C. The molecule has 26 heavy (non-hydrogen) atoms. The van der Waals surface area contributed by atoms with Crippen LogP contribution in [0, 0.1) is 5.41 Å². The average Bonchev–Trinajstić information content (AvgIpc) is 2.55. The zero-order chi connectivity index (χ0) is 19.8. The van der Waals surface area contributed by atoms with E-state index in [1.807, 2.05) is 0 Å². The number of halogens is 3. The minimum atomic E-state index is -4.50. The van der Waals surface area contributed by atoms with Gasteiger partial charge in [0, 0.05) is 26.9 Å². The Labute approximate surface area is 152 Å². The fraction of sp³-hybridized carbons (Fsp3) is 0.647. The van der Waals surface area contributed by atoms with E-state index >= 15 is 0 Å². The van der Waals surface area contributed by atoms with Crippen LogP contribution in [0.25, 0.3) is 0 Å². The smallest absolute Gasteiger partial charge is 0.421 e. The van der Waals surface area contributed by atoms with E-state index in [0.29, 0.717) is 12.5 Å². The predicted molar refractivity (Wildman–Crippen MR) is 94.4 cm³/mol. The third kappa shape index (κ3) is 7.07. The molecule has 0 aliphatic heterocycles. The molecule has 1 rings (SSSR count). The summed E-state index contributed by atoms with van der Waals surface area (Å²) in [6.45, 7) is 7.02. The molecule has 0 spiro atoms. The highest BCUT2D eigenvalue weighted by Gasteiger charge is 2.35. The van der Waals surface area contributed by atoms with Crippen LogP contribution in [0.1, 0.15) is 26.3 Å². The molecule has 2 N–H and O–H groups in total. The van der Waals surface area contributed by atoms with Gasteiger partial charge in [0.15, 0.2) is 5.96 Å². The largest absolute Gasteiger partial charge is 0.475 e. The van der Waals surface area contributed by atoms with Crippen LogP contribution < -0.4 is 15.4 Å². The van der Waals surface area contributed by atoms with Gasteiger partial charge in [0.05, 0.1) is 12.6 Å². The van der Waals surface area contributed by atoms with E-state index < -0.39 is 17.6 Å². The summed E-state index contributed by atoms with van der Waals surface area (Å²) in [7, 11) is 3.25. The van der Waals surface area contributed by atoms with Gasteiger partial charge in [0.1, 0.15) is 12.2 Å². The number of nitrogens with zero attached hydrogens (tertiary/aromatic N) is 2. The minimum absolute atomic E-state index is 0.00771. The molecule has 1 aromatic rings. The zero-order valence-corrected chi connectivity index (χ0v) is 15.8. The molecule has 0 aromatic carbocycles. The summed E-state index contributed by atoms with van der Waals surface area (Å²) >= 11 is 0. The van der Waals surface area contributed by atoms with Crippen molar-refractivity contribution in [1.82, 2.24) is 15.6 Å². The Bertz CT molecular complexity index is 586. The van der Waals surface area contributed by atoms with Gasteiger partial charge in [-0.3, -0.25) is 4.99 Å². The Hall–Kier alpha value is -2.03. The maximum Gasteiger partial charge on any atom is 0.421 e. The van der Waals surface area contributed by atoms with Crippen molar-refractivity contribution in [3.63, 3.8) is 0 Å². The summed E-state index contributed by atoms with van der Waals surface area (Å²) < 4.78 is 49.2. The van der Waals surface area contributed by atoms with Gasteiger partial charge >= 0.3 is 6.18 Å². The molecule has 6 nitrogen and oxygen atoms in total. The molecular weight excluding hydrogens is 349 g/mol. The van der Waals surface area contributed by atoms with Crippen molar-refractivity contribution >= 4 is 5.96 Å². The third-order valence-corrected chi connectivity index (χ3v) is 3.64. The van der Waals surface area contributed by atoms with Crippen molar-refractivity contribution in [2.75, 3.05) is 33.9 Å². The number of guanidine groups is 1. The van der Waals surface area contributed by atoms with E-state index in [2.05, 4.69) is 41.4 Å². The zero-order valence-electron chi connectivity index (χ0n) is 15.8. The highest BCUT2D eigenvalue weighted by molar-refractivity contribution is 5.79. The van der Waals surface area contributed by atoms with Crippen molar-refractivity contribution in [3.05, 3.63) is 23.9 Å². The van der Waals surface area contributed by atoms with Crippen LogP contribution in [0.4, 0.5) is 13.2 Å². The lowest BCUT2D eigenvalue weighted by Crippen LogP contribution is -2.46. The van der Waals surface area contributed by atoms with E-state index in [4.69, 9.17) is 9.47 Å². The summed E-state index contributed by atoms with van der Waals surface area (Å²) in [4.78, 5) is 7.71. The number of aromatic nitrogens is 1. The molecule has 1 heterocycles. The Morgan fingerprint density at radius 2 is 1.96 bits per heavy atom. The second kappa shape index (κ2) is 9.61. The number of nitrogens with one attached hydrogen (secondary N) is 2. The standard InChI is InChI=1S/C17H27F3N4O2/c1-16(2,3)13(25-5)11-24-15(21-4)23-9-10-26-14-12(17(18,19)20)7-6-8-22-14/h6-8,13H,9-11H2,1-5H3,(H2,21,23,24). The van der Waals surface area contributed by atoms with E-state index in [0.717, 1.165) is 6.07 Å². The molecule has 0 radical (unpaired) electrons. The van der Waals surface area contributed by atoms with Gasteiger partial charge in [-0.2, -0.15) is 13.2 Å². The fourth-order valence-electron chi connectivity index (χ4n) is 2.19. The molecule has 0 aliphatic carbocycles. The fourth-order valence-corrected chi connectivity index (χ4v) is 2.19. The van der Waals surface area contributed by atoms with E-state index in [-0.39, 0.29) is 24.7 Å². The number of hydrogen-bond donors (Lipinski definition) is 2. The molecule has 0 bridgehead atoms. The molecule has 9 heteroatoms. The number of rotatable bonds is 7. The normalized spacial score (nSPS) is 14.1. The first-order valence-corrected chi connectivity index (χ1v) is 8.22. The van der Waals surface area contributed by atoms with Crippen molar-refractivity contribution in [2.45, 2.75) is 33.1 Å². The van der Waals surface area contributed by atoms with Crippen LogP contribution in [-0.2, 0) is 10.9 Å². The second-order valence-corrected chi connectivity index (χ2v) is 6.67. The summed E-state index contributed by atoms with van der Waals surface area (Å²) in [5, 5.41) is 6.10. The lowest BCUT2D eigenvalue weighted by Gasteiger charge is -2.30. The lowest BCUT2D eigenvalue weighted by atomic mass is 9.89. The van der Waals surface area contributed by atoms with Gasteiger partial charge in [-0.1, -0.05) is 20.8 Å². The molecular formula is C17H27F3N4O2. The quantitative estimate of drug-likeness (QED) is 0.435. The number of pyridine rings is 1. The first-order chi connectivity index (χ1) is 12.1. The first-order valence-electron chi connectivity index (χ1n) is 8.22. The summed E-state index contributed by atoms with van der Waals surface area (Å²) in [5.41, 5.74) is -0.938. The minimum Gasteiger partial charge on any atom is -0.475 e. The van der Waals surface area contributed by atoms with Crippen LogP contribution in [0.15, 0.2) is 23.3 Å². The van der Waals surface area contributed by atoms with Crippen molar-refractivity contribution in [3.8, 4) is 5.88 Å². The van der Waals surface area contributed by atoms with Gasteiger partial charge in [0.25, 0.3) is 0 Å². The highest BCUT2D eigenvalue weighted by atomic mass is 19.4. The molecule has 1 atom stereocenters. The number of ether oxygens (including phenoxy) is 2. The first kappa shape index (κ1) is 22.0. The van der Waals surface area contributed by atoms with Crippen molar-refractivity contribution < 1.29 is 22.6 Å². The van der Waals surface area contributed by atoms with Gasteiger partial charge in [0.2, 0.25) is 5.88 Å². The molecule has 0 aliphatic rings. The topological polar surface area (TPSA) is 67.8 Å². The van der Waals surface area contributed by atoms with Crippen LogP contribution >= 0.6 is 0 Å². The molecule has 0 amide bonds. The molecule has 0 saturated carbocycles. The van der Waals surface area contributed by atoms with Gasteiger partial charge in [-0.15, -0.1) is 0 Å². The number of methoxy groups -OCH3 is 1. The summed E-state index contributed by atoms with van der Waals surface area (Å²) in [6.07, 6.45) is -3.27. The van der Waals surface area contributed by atoms with Crippen molar-refractivity contribution in [2.24, 2.45) is 10.4 Å². The summed E-state index contributed by atoms with van der Waals surface area (Å²) in [5.74, 6) is 0.0777. The molecule has 0 saturated heterocycles. The van der Waals surface area contributed by atoms with Gasteiger partial charge in [-0.05, 0) is 17.5 Å². The monoisotopic (exact) mass is 376 g/mol. The van der Waals surface area contributed by atoms with Gasteiger partial charge in [-0.25, -0.2) is 4.98 Å². The van der Waals surface area contributed by atoms with Crippen LogP contribution in [0.2, 0.25) is 0 Å². The van der Waals surface area contributed by atoms with E-state index in [1.165, 1.54) is 12.3 Å². The Morgan fingerprint density at radius 3 is 2.50 bits per heavy atom. The Morgan fingerprint density at radius 1 is 1.27 bits per heavy atom. The second-order valence-electron chi connectivity index (χ2n) is 6.67. The third-order valence-electron chi connectivity index (χ3n) is 3.64. The van der Waals surface area contributed by atoms with E-state index in [1.54, 1.807) is 14.2 Å². The number of hydrogen-bond acceptors (Lipinski definition) is 4. The predicted octanol–water partition coefficient (Wildman–Crippen LogP) is 2.71. The van der Waals surface area contributed by atoms with Crippen LogP contribution in [0.5, 0.6) is 5.88 Å². The van der Waals surface area contributed by atoms with E-state index in [9.17, 15) is 13.2 Å². The number of aliphatic imine (C=N–C) groups is 1. The molecule has 0 fully saturated rings. The van der Waals surface area contributed by atoms with Crippen LogP contribution in [-0.4, -0.2) is 50.9 Å². The summed E-state index contributed by atoms with van der Waals surface area (Å²) in [6, 6.07) is 2.16. The molecule has 148 valence electrons. The number of alkyl halides is 3. The molecule has 1 unspecified atom stereocenters. The maximum atomic E-state index is 12.9. The molecule has 1 aromatic heterocycles. The maximum absolute atomic E-state index is 12.9.